The smallest absolute Gasteiger partial charge is 0.224 e. The Bertz CT molecular complexity index is 534. The van der Waals surface area contributed by atoms with Crippen LogP contribution in [0.3, 0.4) is 0 Å². The zero-order chi connectivity index (χ0) is 12.3. The lowest BCUT2D eigenvalue weighted by Gasteiger charge is -2.10. The number of hydrogen-bond donors (Lipinski definition) is 2. The number of aromatic nitrogens is 2. The number of rotatable bonds is 3. The van der Waals surface area contributed by atoms with Gasteiger partial charge in [-0.2, -0.15) is 4.98 Å². The van der Waals surface area contributed by atoms with Crippen molar-refractivity contribution in [3.8, 4) is 0 Å². The summed E-state index contributed by atoms with van der Waals surface area (Å²) in [6.07, 6.45) is 1.42. The van der Waals surface area contributed by atoms with Gasteiger partial charge < -0.3 is 10.4 Å². The van der Waals surface area contributed by atoms with E-state index in [1.54, 1.807) is 6.07 Å². The standard InChI is InChI=1S/C11H9Cl2N3O/c12-8-5-14-11(13)16-10(8)15-9-4-2-1-3-7(9)6-17/h1-5,17H,6H2,(H,14,15,16). The fourth-order valence-corrected chi connectivity index (χ4v) is 1.61. The van der Waals surface area contributed by atoms with Gasteiger partial charge in [0.2, 0.25) is 5.28 Å². The van der Waals surface area contributed by atoms with E-state index in [2.05, 4.69) is 15.3 Å². The number of anilines is 2. The minimum atomic E-state index is -0.0698. The van der Waals surface area contributed by atoms with Crippen LogP contribution < -0.4 is 5.32 Å². The molecule has 0 amide bonds. The summed E-state index contributed by atoms with van der Waals surface area (Å²) in [4.78, 5) is 7.73. The van der Waals surface area contributed by atoms with Crippen LogP contribution in [0.1, 0.15) is 5.56 Å². The molecule has 17 heavy (non-hydrogen) atoms. The number of para-hydroxylation sites is 1. The predicted molar refractivity (Wildman–Crippen MR) is 67.7 cm³/mol. The molecule has 0 aliphatic carbocycles. The number of benzene rings is 1. The van der Waals surface area contributed by atoms with Gasteiger partial charge in [0.25, 0.3) is 0 Å². The second-order valence-corrected chi connectivity index (χ2v) is 4.02. The van der Waals surface area contributed by atoms with Crippen molar-refractivity contribution in [1.82, 2.24) is 9.97 Å². The minimum absolute atomic E-state index is 0.0698. The third kappa shape index (κ3) is 2.85. The molecule has 0 saturated heterocycles. The highest BCUT2D eigenvalue weighted by Crippen LogP contribution is 2.25. The Labute approximate surface area is 108 Å². The van der Waals surface area contributed by atoms with Gasteiger partial charge in [-0.05, 0) is 17.7 Å². The first-order valence-electron chi connectivity index (χ1n) is 4.84. The van der Waals surface area contributed by atoms with Crippen LogP contribution >= 0.6 is 23.2 Å². The summed E-state index contributed by atoms with van der Waals surface area (Å²) in [5.74, 6) is 0.410. The van der Waals surface area contributed by atoms with Crippen LogP contribution in [0.15, 0.2) is 30.5 Å². The molecule has 0 spiro atoms. The molecule has 0 aliphatic rings. The zero-order valence-corrected chi connectivity index (χ0v) is 10.2. The van der Waals surface area contributed by atoms with E-state index < -0.39 is 0 Å². The van der Waals surface area contributed by atoms with Gasteiger partial charge in [0.1, 0.15) is 5.02 Å². The third-order valence-corrected chi connectivity index (χ3v) is 2.61. The highest BCUT2D eigenvalue weighted by atomic mass is 35.5. The highest BCUT2D eigenvalue weighted by Gasteiger charge is 2.06. The van der Waals surface area contributed by atoms with Crippen molar-refractivity contribution in [1.29, 1.82) is 0 Å². The molecule has 0 saturated carbocycles. The molecule has 2 rings (SSSR count). The first kappa shape index (κ1) is 12.1. The Morgan fingerprint density at radius 1 is 1.24 bits per heavy atom. The van der Waals surface area contributed by atoms with Crippen LogP contribution in [0, 0.1) is 0 Å². The molecule has 0 fully saturated rings. The first-order chi connectivity index (χ1) is 8.20. The van der Waals surface area contributed by atoms with Crippen LogP contribution in [0.2, 0.25) is 10.3 Å². The van der Waals surface area contributed by atoms with Gasteiger partial charge in [-0.3, -0.25) is 0 Å². The van der Waals surface area contributed by atoms with Gasteiger partial charge in [0.15, 0.2) is 5.82 Å². The van der Waals surface area contributed by atoms with Gasteiger partial charge >= 0.3 is 0 Å². The molecule has 1 heterocycles. The monoisotopic (exact) mass is 269 g/mol. The summed E-state index contributed by atoms with van der Waals surface area (Å²) in [7, 11) is 0. The molecule has 6 heteroatoms. The van der Waals surface area contributed by atoms with E-state index in [9.17, 15) is 5.11 Å². The lowest BCUT2D eigenvalue weighted by Crippen LogP contribution is -1.99. The molecule has 1 aromatic carbocycles. The van der Waals surface area contributed by atoms with Crippen LogP contribution in [0.4, 0.5) is 11.5 Å². The van der Waals surface area contributed by atoms with Gasteiger partial charge in [-0.1, -0.05) is 29.8 Å². The normalized spacial score (nSPS) is 10.3. The third-order valence-electron chi connectivity index (χ3n) is 2.16. The Balaban J connectivity index is 2.34. The second kappa shape index (κ2) is 5.31. The summed E-state index contributed by atoms with van der Waals surface area (Å²) in [5.41, 5.74) is 1.48. The quantitative estimate of drug-likeness (QED) is 0.842. The lowest BCUT2D eigenvalue weighted by atomic mass is 10.2. The van der Waals surface area contributed by atoms with Gasteiger partial charge in [0.05, 0.1) is 12.8 Å². The van der Waals surface area contributed by atoms with Crippen LogP contribution in [0.25, 0.3) is 0 Å². The molecule has 1 aromatic heterocycles. The highest BCUT2D eigenvalue weighted by molar-refractivity contribution is 6.33. The van der Waals surface area contributed by atoms with Gasteiger partial charge in [-0.15, -0.1) is 0 Å². The number of aliphatic hydroxyl groups is 1. The van der Waals surface area contributed by atoms with Crippen LogP contribution in [-0.2, 0) is 6.61 Å². The molecule has 2 N–H and O–H groups in total. The molecule has 4 nitrogen and oxygen atoms in total. The van der Waals surface area contributed by atoms with E-state index in [0.29, 0.717) is 10.8 Å². The second-order valence-electron chi connectivity index (χ2n) is 3.28. The Morgan fingerprint density at radius 2 is 2.00 bits per heavy atom. The van der Waals surface area contributed by atoms with E-state index in [4.69, 9.17) is 23.2 Å². The summed E-state index contributed by atoms with van der Waals surface area (Å²) in [6, 6.07) is 7.31. The van der Waals surface area contributed by atoms with Crippen molar-refractivity contribution >= 4 is 34.7 Å². The fourth-order valence-electron chi connectivity index (χ4n) is 1.34. The minimum Gasteiger partial charge on any atom is -0.392 e. The van der Waals surface area contributed by atoms with Crippen molar-refractivity contribution in [2.24, 2.45) is 0 Å². The SMILES string of the molecule is OCc1ccccc1Nc1nc(Cl)ncc1Cl. The average molecular weight is 270 g/mol. The largest absolute Gasteiger partial charge is 0.392 e. The van der Waals surface area contributed by atoms with E-state index >= 15 is 0 Å². The summed E-state index contributed by atoms with van der Waals surface area (Å²) in [5, 5.41) is 12.7. The predicted octanol–water partition coefficient (Wildman–Crippen LogP) is 3.02. The van der Waals surface area contributed by atoms with Gasteiger partial charge in [0, 0.05) is 11.3 Å². The van der Waals surface area contributed by atoms with Crippen molar-refractivity contribution in [2.75, 3.05) is 5.32 Å². The molecule has 0 atom stereocenters. The zero-order valence-electron chi connectivity index (χ0n) is 8.69. The molecule has 0 bridgehead atoms. The number of halogens is 2. The first-order valence-corrected chi connectivity index (χ1v) is 5.60. The van der Waals surface area contributed by atoms with Crippen LogP contribution in [0.5, 0.6) is 0 Å². The van der Waals surface area contributed by atoms with E-state index in [1.165, 1.54) is 6.20 Å². The number of nitrogens with zero attached hydrogens (tertiary/aromatic N) is 2. The van der Waals surface area contributed by atoms with Crippen molar-refractivity contribution in [3.63, 3.8) is 0 Å². The summed E-state index contributed by atoms with van der Waals surface area (Å²) >= 11 is 11.6. The van der Waals surface area contributed by atoms with Gasteiger partial charge in [-0.25, -0.2) is 4.98 Å². The number of aliphatic hydroxyl groups excluding tert-OH is 1. The van der Waals surface area contributed by atoms with Crippen molar-refractivity contribution < 1.29 is 5.11 Å². The molecule has 0 unspecified atom stereocenters. The maximum absolute atomic E-state index is 9.19. The number of nitrogens with one attached hydrogen (secondary N) is 1. The summed E-state index contributed by atoms with van der Waals surface area (Å²) < 4.78 is 0. The Hall–Kier alpha value is -1.36. The Kier molecular flexibility index (Phi) is 3.78. The topological polar surface area (TPSA) is 58.0 Å². The van der Waals surface area contributed by atoms with E-state index in [1.807, 2.05) is 18.2 Å². The van der Waals surface area contributed by atoms with Crippen molar-refractivity contribution in [3.05, 3.63) is 46.3 Å². The maximum Gasteiger partial charge on any atom is 0.224 e. The Morgan fingerprint density at radius 3 is 2.76 bits per heavy atom. The van der Waals surface area contributed by atoms with Crippen molar-refractivity contribution in [2.45, 2.75) is 6.61 Å². The molecule has 0 radical (unpaired) electrons. The number of hydrogen-bond acceptors (Lipinski definition) is 4. The molecule has 88 valence electrons. The van der Waals surface area contributed by atoms with E-state index in [0.717, 1.165) is 11.3 Å². The molecular formula is C11H9Cl2N3O. The maximum atomic E-state index is 9.19. The summed E-state index contributed by atoms with van der Waals surface area (Å²) in [6.45, 7) is -0.0698. The van der Waals surface area contributed by atoms with E-state index in [-0.39, 0.29) is 11.9 Å². The average Bonchev–Trinajstić information content (AvgIpc) is 2.34. The lowest BCUT2D eigenvalue weighted by molar-refractivity contribution is 0.282. The van der Waals surface area contributed by atoms with Crippen LogP contribution in [-0.4, -0.2) is 15.1 Å². The molecular weight excluding hydrogens is 261 g/mol. The fraction of sp³-hybridized carbons (Fsp3) is 0.0909. The molecule has 2 aromatic rings. The molecule has 0 aliphatic heterocycles.